The largest absolute Gasteiger partial charge is 0.482 e. The number of ether oxygens (including phenoxy) is 1. The van der Waals surface area contributed by atoms with Crippen molar-refractivity contribution in [2.45, 2.75) is 18.4 Å². The van der Waals surface area contributed by atoms with Crippen LogP contribution in [-0.2, 0) is 0 Å². The Balaban J connectivity index is 1.76. The normalized spacial score (nSPS) is 18.4. The summed E-state index contributed by atoms with van der Waals surface area (Å²) in [7, 11) is 1.72. The van der Waals surface area contributed by atoms with Gasteiger partial charge in [-0.25, -0.2) is 5.84 Å². The number of hydrogen-bond acceptors (Lipinski definition) is 5. The van der Waals surface area contributed by atoms with Crippen LogP contribution in [0.4, 0.5) is 0 Å². The van der Waals surface area contributed by atoms with E-state index in [9.17, 15) is 0 Å². The maximum atomic E-state index is 6.45. The molecule has 0 saturated carbocycles. The SMILES string of the molecule is CN(N)/C(=N\N)c1ccc(C2=CC3(CCNCC3)Oc3ccccc32)cc1. The zero-order valence-corrected chi connectivity index (χ0v) is 15.5. The highest BCUT2D eigenvalue weighted by molar-refractivity contribution is 5.98. The van der Waals surface area contributed by atoms with E-state index < -0.39 is 0 Å². The monoisotopic (exact) mass is 363 g/mol. The van der Waals surface area contributed by atoms with Crippen molar-refractivity contribution in [1.82, 2.24) is 10.3 Å². The lowest BCUT2D eigenvalue weighted by Crippen LogP contribution is -2.46. The minimum absolute atomic E-state index is 0.241. The molecule has 140 valence electrons. The van der Waals surface area contributed by atoms with Gasteiger partial charge in [-0.15, -0.1) is 0 Å². The van der Waals surface area contributed by atoms with Crippen molar-refractivity contribution in [2.75, 3.05) is 20.1 Å². The first kappa shape index (κ1) is 17.6. The van der Waals surface area contributed by atoms with Gasteiger partial charge in [0.1, 0.15) is 11.4 Å². The van der Waals surface area contributed by atoms with Crippen molar-refractivity contribution in [1.29, 1.82) is 0 Å². The Kier molecular flexibility index (Phi) is 4.59. The summed E-state index contributed by atoms with van der Waals surface area (Å²) >= 11 is 0. The molecule has 1 fully saturated rings. The molecule has 2 aliphatic rings. The molecule has 0 aliphatic carbocycles. The minimum Gasteiger partial charge on any atom is -0.482 e. The molecular weight excluding hydrogens is 338 g/mol. The Bertz CT molecular complexity index is 880. The highest BCUT2D eigenvalue weighted by Gasteiger charge is 2.36. The van der Waals surface area contributed by atoms with E-state index in [1.165, 1.54) is 10.6 Å². The summed E-state index contributed by atoms with van der Waals surface area (Å²) in [6.45, 7) is 1.92. The number of piperidine rings is 1. The van der Waals surface area contributed by atoms with E-state index >= 15 is 0 Å². The quantitative estimate of drug-likeness (QED) is 0.329. The summed E-state index contributed by atoms with van der Waals surface area (Å²) in [6, 6.07) is 16.4. The molecule has 4 rings (SSSR count). The molecule has 0 unspecified atom stereocenters. The van der Waals surface area contributed by atoms with Crippen molar-refractivity contribution < 1.29 is 4.74 Å². The lowest BCUT2D eigenvalue weighted by atomic mass is 9.83. The molecule has 0 amide bonds. The summed E-state index contributed by atoms with van der Waals surface area (Å²) < 4.78 is 6.45. The first-order valence-electron chi connectivity index (χ1n) is 9.21. The van der Waals surface area contributed by atoms with Crippen molar-refractivity contribution in [3.63, 3.8) is 0 Å². The highest BCUT2D eigenvalue weighted by Crippen LogP contribution is 2.42. The molecular formula is C21H25N5O. The van der Waals surface area contributed by atoms with Gasteiger partial charge in [0.05, 0.1) is 0 Å². The van der Waals surface area contributed by atoms with Gasteiger partial charge in [-0.1, -0.05) is 42.5 Å². The Morgan fingerprint density at radius 1 is 1.11 bits per heavy atom. The van der Waals surface area contributed by atoms with Crippen molar-refractivity contribution >= 4 is 11.4 Å². The van der Waals surface area contributed by atoms with Crippen molar-refractivity contribution in [3.05, 3.63) is 71.3 Å². The molecule has 0 aromatic heterocycles. The number of amidine groups is 1. The summed E-state index contributed by atoms with van der Waals surface area (Å²) in [5.74, 6) is 12.8. The second-order valence-electron chi connectivity index (χ2n) is 7.11. The van der Waals surface area contributed by atoms with Crippen LogP contribution in [-0.4, -0.2) is 36.6 Å². The summed E-state index contributed by atoms with van der Waals surface area (Å²) in [6.07, 6.45) is 4.23. The van der Waals surface area contributed by atoms with Gasteiger partial charge in [-0.2, -0.15) is 5.10 Å². The number of rotatable bonds is 2. The second kappa shape index (κ2) is 7.06. The predicted octanol–water partition coefficient (Wildman–Crippen LogP) is 2.06. The summed E-state index contributed by atoms with van der Waals surface area (Å²) in [5, 5.41) is 8.62. The van der Waals surface area contributed by atoms with Crippen LogP contribution in [0.25, 0.3) is 5.57 Å². The van der Waals surface area contributed by atoms with Crippen LogP contribution in [0.3, 0.4) is 0 Å². The summed E-state index contributed by atoms with van der Waals surface area (Å²) in [5.41, 5.74) is 4.11. The molecule has 2 aliphatic heterocycles. The van der Waals surface area contributed by atoms with Gasteiger partial charge in [0.25, 0.3) is 0 Å². The fourth-order valence-corrected chi connectivity index (χ4v) is 3.87. The second-order valence-corrected chi connectivity index (χ2v) is 7.11. The number of fused-ring (bicyclic) bond motifs is 1. The zero-order chi connectivity index (χ0) is 18.9. The molecule has 6 nitrogen and oxygen atoms in total. The van der Waals surface area contributed by atoms with Gasteiger partial charge < -0.3 is 15.9 Å². The molecule has 0 bridgehead atoms. The fourth-order valence-electron chi connectivity index (χ4n) is 3.87. The Hall–Kier alpha value is -2.83. The number of nitrogens with one attached hydrogen (secondary N) is 1. The number of hydrazone groups is 1. The molecule has 0 radical (unpaired) electrons. The Morgan fingerprint density at radius 3 is 2.48 bits per heavy atom. The standard InChI is InChI=1S/C21H25N5O/c1-26(23)20(25-22)16-8-6-15(7-9-16)18-14-21(10-12-24-13-11-21)27-19-5-3-2-4-17(18)19/h2-9,14,24H,10-13,22-23H2,1H3/b25-20-. The molecule has 1 spiro atoms. The average molecular weight is 363 g/mol. The molecule has 6 heteroatoms. The lowest BCUT2D eigenvalue weighted by molar-refractivity contribution is 0.0817. The number of hydrogen-bond donors (Lipinski definition) is 3. The van der Waals surface area contributed by atoms with Gasteiger partial charge in [-0.05, 0) is 36.4 Å². The average Bonchev–Trinajstić information content (AvgIpc) is 2.69. The molecule has 27 heavy (non-hydrogen) atoms. The van der Waals surface area contributed by atoms with Crippen LogP contribution >= 0.6 is 0 Å². The number of benzene rings is 2. The smallest absolute Gasteiger partial charge is 0.169 e. The first-order valence-corrected chi connectivity index (χ1v) is 9.21. The van der Waals surface area contributed by atoms with Crippen LogP contribution in [0, 0.1) is 0 Å². The van der Waals surface area contributed by atoms with Gasteiger partial charge in [0.15, 0.2) is 5.84 Å². The molecule has 1 saturated heterocycles. The number of hydrazine groups is 1. The van der Waals surface area contributed by atoms with Crippen LogP contribution < -0.4 is 21.7 Å². The molecule has 2 aromatic carbocycles. The minimum atomic E-state index is -0.241. The van der Waals surface area contributed by atoms with E-state index in [0.717, 1.165) is 48.4 Å². The van der Waals surface area contributed by atoms with Crippen molar-refractivity contribution in [3.8, 4) is 5.75 Å². The predicted molar refractivity (Wildman–Crippen MR) is 108 cm³/mol. The van der Waals surface area contributed by atoms with Gasteiger partial charge in [-0.3, -0.25) is 5.01 Å². The van der Waals surface area contributed by atoms with Crippen molar-refractivity contribution in [2.24, 2.45) is 16.8 Å². The molecule has 2 heterocycles. The maximum Gasteiger partial charge on any atom is 0.169 e. The topological polar surface area (TPSA) is 88.9 Å². The Labute approximate surface area is 159 Å². The van der Waals surface area contributed by atoms with E-state index in [-0.39, 0.29) is 5.60 Å². The highest BCUT2D eigenvalue weighted by atomic mass is 16.5. The van der Waals surface area contributed by atoms with Crippen LogP contribution in [0.2, 0.25) is 0 Å². The van der Waals surface area contributed by atoms with Crippen LogP contribution in [0.5, 0.6) is 5.75 Å². The number of para-hydroxylation sites is 1. The fraction of sp³-hybridized carbons (Fsp3) is 0.286. The van der Waals surface area contributed by atoms with Crippen LogP contribution in [0.15, 0.2) is 59.7 Å². The van der Waals surface area contributed by atoms with Gasteiger partial charge in [0, 0.05) is 31.0 Å². The molecule has 5 N–H and O–H groups in total. The molecule has 0 atom stereocenters. The van der Waals surface area contributed by atoms with Gasteiger partial charge >= 0.3 is 0 Å². The summed E-state index contributed by atoms with van der Waals surface area (Å²) in [4.78, 5) is 0. The number of nitrogens with two attached hydrogens (primary N) is 2. The zero-order valence-electron chi connectivity index (χ0n) is 15.5. The molecule has 2 aromatic rings. The van der Waals surface area contributed by atoms with E-state index in [2.05, 4.69) is 40.8 Å². The van der Waals surface area contributed by atoms with Crippen LogP contribution in [0.1, 0.15) is 29.5 Å². The Morgan fingerprint density at radius 2 is 1.81 bits per heavy atom. The van der Waals surface area contributed by atoms with E-state index in [1.807, 2.05) is 24.3 Å². The van der Waals surface area contributed by atoms with Gasteiger partial charge in [0.2, 0.25) is 0 Å². The third-order valence-corrected chi connectivity index (χ3v) is 5.26. The third-order valence-electron chi connectivity index (χ3n) is 5.26. The third kappa shape index (κ3) is 3.29. The lowest BCUT2D eigenvalue weighted by Gasteiger charge is -2.40. The van der Waals surface area contributed by atoms with E-state index in [4.69, 9.17) is 16.4 Å². The first-order chi connectivity index (χ1) is 13.1. The van der Waals surface area contributed by atoms with E-state index in [1.54, 1.807) is 7.05 Å². The van der Waals surface area contributed by atoms with E-state index in [0.29, 0.717) is 5.84 Å². The maximum absolute atomic E-state index is 6.45. The number of nitrogens with zero attached hydrogens (tertiary/aromatic N) is 2.